The molecule has 35 heavy (non-hydrogen) atoms. The van der Waals surface area contributed by atoms with E-state index in [1.165, 1.54) is 46.8 Å². The van der Waals surface area contributed by atoms with E-state index in [0.29, 0.717) is 29.5 Å². The minimum Gasteiger partial charge on any atom is -0.326 e. The Hall–Kier alpha value is -3.26. The van der Waals surface area contributed by atoms with Crippen molar-refractivity contribution in [3.63, 3.8) is 0 Å². The Morgan fingerprint density at radius 3 is 2.49 bits per heavy atom. The molecule has 182 valence electrons. The van der Waals surface area contributed by atoms with Crippen molar-refractivity contribution < 1.29 is 18.0 Å². The minimum atomic E-state index is -3.59. The number of benzene rings is 2. The van der Waals surface area contributed by atoms with Crippen LogP contribution in [0.5, 0.6) is 0 Å². The zero-order valence-corrected chi connectivity index (χ0v) is 21.2. The van der Waals surface area contributed by atoms with E-state index in [4.69, 9.17) is 6.42 Å². The summed E-state index contributed by atoms with van der Waals surface area (Å²) < 4.78 is 30.0. The fourth-order valence-corrected chi connectivity index (χ4v) is 6.52. The molecule has 0 saturated carbocycles. The number of nitrogens with one attached hydrogen (secondary N) is 1. The zero-order chi connectivity index (χ0) is 25.2. The number of sulfonamides is 1. The number of aromatic nitrogens is 1. The third-order valence-electron chi connectivity index (χ3n) is 5.93. The lowest BCUT2D eigenvalue weighted by Gasteiger charge is -2.29. The normalized spacial score (nSPS) is 15.7. The zero-order valence-electron chi connectivity index (χ0n) is 19.5. The number of anilines is 1. The van der Waals surface area contributed by atoms with Gasteiger partial charge in [-0.05, 0) is 61.2 Å². The maximum Gasteiger partial charge on any atom is 0.279 e. The number of fused-ring (bicyclic) bond motifs is 1. The van der Waals surface area contributed by atoms with Gasteiger partial charge >= 0.3 is 0 Å². The van der Waals surface area contributed by atoms with E-state index in [9.17, 15) is 18.0 Å². The molecule has 10 heteroatoms. The largest absolute Gasteiger partial charge is 0.326 e. The summed E-state index contributed by atoms with van der Waals surface area (Å²) in [5.41, 5.74) is 1.71. The van der Waals surface area contributed by atoms with E-state index >= 15 is 0 Å². The smallest absolute Gasteiger partial charge is 0.279 e. The van der Waals surface area contributed by atoms with Gasteiger partial charge in [0.25, 0.3) is 5.91 Å². The fraction of sp³-hybridized carbons (Fsp3) is 0.320. The lowest BCUT2D eigenvalue weighted by atomic mass is 10.0. The summed E-state index contributed by atoms with van der Waals surface area (Å²) in [4.78, 5) is 29.1. The predicted molar refractivity (Wildman–Crippen MR) is 136 cm³/mol. The quantitative estimate of drug-likeness (QED) is 0.531. The van der Waals surface area contributed by atoms with E-state index in [0.717, 1.165) is 23.1 Å². The van der Waals surface area contributed by atoms with Crippen LogP contribution >= 0.6 is 11.3 Å². The average molecular weight is 511 g/mol. The van der Waals surface area contributed by atoms with Crippen molar-refractivity contribution in [3.05, 3.63) is 52.8 Å². The molecule has 1 aliphatic rings. The molecule has 8 nitrogen and oxygen atoms in total. The molecule has 0 unspecified atom stereocenters. The lowest BCUT2D eigenvalue weighted by Crippen LogP contribution is -2.37. The van der Waals surface area contributed by atoms with Gasteiger partial charge in [0, 0.05) is 31.3 Å². The van der Waals surface area contributed by atoms with Gasteiger partial charge in [-0.25, -0.2) is 8.42 Å². The Labute approximate surface area is 208 Å². The highest BCUT2D eigenvalue weighted by molar-refractivity contribution is 7.89. The van der Waals surface area contributed by atoms with Crippen LogP contribution in [0.4, 0.5) is 5.69 Å². The van der Waals surface area contributed by atoms with E-state index < -0.39 is 15.9 Å². The number of hydrogen-bond acceptors (Lipinski definition) is 5. The molecule has 1 aliphatic heterocycles. The molecule has 2 amide bonds. The van der Waals surface area contributed by atoms with E-state index in [1.54, 1.807) is 16.7 Å². The van der Waals surface area contributed by atoms with Crippen molar-refractivity contribution >= 4 is 49.1 Å². The Bertz CT molecular complexity index is 1490. The SMILES string of the molecule is C#CCn1c(=NC(=O)c2ccc(S(=O)(=O)N3CCC(C)CC3)cc2)sc2cc(NC(C)=O)ccc21. The Morgan fingerprint density at radius 1 is 1.17 bits per heavy atom. The predicted octanol–water partition coefficient (Wildman–Crippen LogP) is 3.46. The van der Waals surface area contributed by atoms with Crippen molar-refractivity contribution in [1.82, 2.24) is 8.87 Å². The highest BCUT2D eigenvalue weighted by Gasteiger charge is 2.28. The molecule has 3 aromatic rings. The summed E-state index contributed by atoms with van der Waals surface area (Å²) in [5, 5.41) is 2.74. The second kappa shape index (κ2) is 10.2. The molecule has 0 spiro atoms. The molecule has 1 N–H and O–H groups in total. The molecule has 1 saturated heterocycles. The van der Waals surface area contributed by atoms with Gasteiger partial charge in [0.15, 0.2) is 4.80 Å². The summed E-state index contributed by atoms with van der Waals surface area (Å²) in [7, 11) is -3.59. The second-order valence-electron chi connectivity index (χ2n) is 8.57. The second-order valence-corrected chi connectivity index (χ2v) is 11.5. The van der Waals surface area contributed by atoms with Crippen LogP contribution in [-0.2, 0) is 21.4 Å². The van der Waals surface area contributed by atoms with Crippen LogP contribution in [0.25, 0.3) is 10.2 Å². The van der Waals surface area contributed by atoms with Crippen LogP contribution in [0, 0.1) is 18.3 Å². The molecule has 1 fully saturated rings. The first-order valence-corrected chi connectivity index (χ1v) is 13.5. The molecular weight excluding hydrogens is 484 g/mol. The fourth-order valence-electron chi connectivity index (χ4n) is 3.98. The summed E-state index contributed by atoms with van der Waals surface area (Å²) >= 11 is 1.28. The first kappa shape index (κ1) is 24.9. The number of thiazole rings is 1. The molecule has 2 aromatic carbocycles. The van der Waals surface area contributed by atoms with Gasteiger partial charge in [-0.3, -0.25) is 9.59 Å². The number of amides is 2. The average Bonchev–Trinajstić information content (AvgIpc) is 3.15. The Balaban J connectivity index is 1.63. The number of carbonyl (C=O) groups is 2. The van der Waals surface area contributed by atoms with Crippen molar-refractivity contribution in [1.29, 1.82) is 0 Å². The molecule has 2 heterocycles. The first-order chi connectivity index (χ1) is 16.7. The summed E-state index contributed by atoms with van der Waals surface area (Å²) in [6.07, 6.45) is 7.22. The van der Waals surface area contributed by atoms with Gasteiger partial charge in [-0.2, -0.15) is 9.30 Å². The summed E-state index contributed by atoms with van der Waals surface area (Å²) in [6.45, 7) is 4.78. The Kier molecular flexibility index (Phi) is 7.21. The number of terminal acetylenes is 1. The van der Waals surface area contributed by atoms with Gasteiger partial charge in [0.1, 0.15) is 0 Å². The number of hydrogen-bond donors (Lipinski definition) is 1. The lowest BCUT2D eigenvalue weighted by molar-refractivity contribution is -0.114. The van der Waals surface area contributed by atoms with Crippen LogP contribution in [-0.4, -0.2) is 42.2 Å². The van der Waals surface area contributed by atoms with Crippen LogP contribution in [0.15, 0.2) is 52.4 Å². The van der Waals surface area contributed by atoms with E-state index in [2.05, 4.69) is 23.2 Å². The van der Waals surface area contributed by atoms with Gasteiger partial charge < -0.3 is 9.88 Å². The van der Waals surface area contributed by atoms with Gasteiger partial charge in [-0.15, -0.1) is 6.42 Å². The number of carbonyl (C=O) groups excluding carboxylic acids is 2. The van der Waals surface area contributed by atoms with Gasteiger partial charge in [-0.1, -0.05) is 24.2 Å². The third kappa shape index (κ3) is 5.37. The standard InChI is InChI=1S/C25H26N4O4S2/c1-4-13-29-22-10-7-20(26-18(3)30)16-23(22)34-25(29)27-24(31)19-5-8-21(9-6-19)35(32,33)28-14-11-17(2)12-15-28/h1,5-10,16-17H,11-15H2,2-3H3,(H,26,30). The highest BCUT2D eigenvalue weighted by atomic mass is 32.2. The summed E-state index contributed by atoms with van der Waals surface area (Å²) in [6, 6.07) is 11.3. The van der Waals surface area contributed by atoms with E-state index in [1.807, 2.05) is 6.07 Å². The molecule has 0 radical (unpaired) electrons. The maximum absolute atomic E-state index is 12.9. The number of nitrogens with zero attached hydrogens (tertiary/aromatic N) is 3. The maximum atomic E-state index is 12.9. The van der Waals surface area contributed by atoms with Crippen molar-refractivity contribution in [2.75, 3.05) is 18.4 Å². The van der Waals surface area contributed by atoms with Crippen molar-refractivity contribution in [3.8, 4) is 12.3 Å². The summed E-state index contributed by atoms with van der Waals surface area (Å²) in [5.74, 6) is 2.41. The minimum absolute atomic E-state index is 0.165. The Morgan fingerprint density at radius 2 is 1.86 bits per heavy atom. The van der Waals surface area contributed by atoms with Crippen molar-refractivity contribution in [2.45, 2.75) is 38.1 Å². The molecular formula is C25H26N4O4S2. The van der Waals surface area contributed by atoms with Crippen LogP contribution in [0.2, 0.25) is 0 Å². The molecule has 0 aliphatic carbocycles. The van der Waals surface area contributed by atoms with Gasteiger partial charge in [0.2, 0.25) is 15.9 Å². The van der Waals surface area contributed by atoms with Crippen LogP contribution < -0.4 is 10.1 Å². The van der Waals surface area contributed by atoms with Crippen LogP contribution in [0.3, 0.4) is 0 Å². The number of piperidine rings is 1. The first-order valence-electron chi connectivity index (χ1n) is 11.2. The molecule has 1 aromatic heterocycles. The molecule has 4 rings (SSSR count). The van der Waals surface area contributed by atoms with E-state index in [-0.39, 0.29) is 22.9 Å². The van der Waals surface area contributed by atoms with Crippen molar-refractivity contribution in [2.24, 2.45) is 10.9 Å². The molecule has 0 bridgehead atoms. The van der Waals surface area contributed by atoms with Crippen LogP contribution in [0.1, 0.15) is 37.0 Å². The number of rotatable bonds is 5. The monoisotopic (exact) mass is 510 g/mol. The third-order valence-corrected chi connectivity index (χ3v) is 8.89. The topological polar surface area (TPSA) is 101 Å². The van der Waals surface area contributed by atoms with Gasteiger partial charge in [0.05, 0.1) is 21.7 Å². The highest BCUT2D eigenvalue weighted by Crippen LogP contribution is 2.24. The molecule has 0 atom stereocenters.